The van der Waals surface area contributed by atoms with Gasteiger partial charge in [-0.25, -0.2) is 4.68 Å². The molecule has 0 unspecified atom stereocenters. The second-order valence-corrected chi connectivity index (χ2v) is 13.1. The zero-order chi connectivity index (χ0) is 36.0. The van der Waals surface area contributed by atoms with Gasteiger partial charge in [-0.05, 0) is 63.5 Å². The summed E-state index contributed by atoms with van der Waals surface area (Å²) in [6, 6.07) is 19.3. The van der Waals surface area contributed by atoms with E-state index in [-0.39, 0.29) is 42.3 Å². The van der Waals surface area contributed by atoms with Gasteiger partial charge in [-0.2, -0.15) is 0 Å². The smallest absolute Gasteiger partial charge is 0.288 e. The minimum Gasteiger partial charge on any atom is -0.459 e. The van der Waals surface area contributed by atoms with Crippen molar-refractivity contribution in [3.63, 3.8) is 0 Å². The third kappa shape index (κ3) is 7.34. The fraction of sp³-hybridized carbons (Fsp3) is 0.500. The summed E-state index contributed by atoms with van der Waals surface area (Å²) in [6.45, 7) is 6.49. The van der Waals surface area contributed by atoms with E-state index in [2.05, 4.69) is 10.2 Å². The molecule has 0 saturated carbocycles. The Morgan fingerprint density at radius 2 is 1.61 bits per heavy atom. The van der Waals surface area contributed by atoms with Crippen LogP contribution < -0.4 is 15.8 Å². The summed E-state index contributed by atoms with van der Waals surface area (Å²) in [6.07, 6.45) is 2.39. The average molecular weight is 704 g/mol. The van der Waals surface area contributed by atoms with E-state index >= 15 is 0 Å². The lowest BCUT2D eigenvalue weighted by atomic mass is 9.81. The molecule has 0 aliphatic carbocycles. The summed E-state index contributed by atoms with van der Waals surface area (Å²) in [7, 11) is 1.86. The van der Waals surface area contributed by atoms with Crippen LogP contribution in [-0.2, 0) is 35.6 Å². The van der Waals surface area contributed by atoms with Crippen LogP contribution in [0.4, 0.5) is 5.69 Å². The van der Waals surface area contributed by atoms with Gasteiger partial charge in [0.25, 0.3) is 11.5 Å². The molecule has 3 atom stereocenters. The third-order valence-corrected chi connectivity index (χ3v) is 10.3. The van der Waals surface area contributed by atoms with Crippen LogP contribution in [0.2, 0.25) is 0 Å². The second kappa shape index (κ2) is 16.3. The Balaban J connectivity index is 1.29. The quantitative estimate of drug-likeness (QED) is 0.243. The van der Waals surface area contributed by atoms with Crippen molar-refractivity contribution in [3.8, 4) is 5.69 Å². The standard InChI is InChI=1S/C38H49N5O8/c1-4-50-36-30(15-21-48-23-24-49-22-20-44)31(33-27(2)40(3)43(35(33)46)29-13-9-6-10-14-29)25-32(51-36)34(45)41-18-16-38(17-19-41)37(47)39-26-42(38)28-11-7-5-8-12-28/h5-14,25,30-31,36,44H,4,15-24,26H2,1-3H3,(H,39,47)/t30-,31+,36-/m0/s1. The number of benzene rings is 2. The number of ether oxygens (including phenoxy) is 4. The summed E-state index contributed by atoms with van der Waals surface area (Å²) >= 11 is 0. The molecule has 2 amide bonds. The summed E-state index contributed by atoms with van der Waals surface area (Å²) < 4.78 is 27.2. The molecule has 0 bridgehead atoms. The number of aliphatic hydroxyl groups excluding tert-OH is 1. The summed E-state index contributed by atoms with van der Waals surface area (Å²) in [4.78, 5) is 45.7. The number of anilines is 1. The number of amides is 2. The third-order valence-electron chi connectivity index (χ3n) is 10.3. The zero-order valence-electron chi connectivity index (χ0n) is 29.7. The number of carbonyl (C=O) groups excluding carboxylic acids is 2. The molecule has 3 aromatic rings. The summed E-state index contributed by atoms with van der Waals surface area (Å²) in [5.74, 6) is -1.05. The fourth-order valence-corrected chi connectivity index (χ4v) is 7.61. The van der Waals surface area contributed by atoms with Crippen LogP contribution in [0.5, 0.6) is 0 Å². The van der Waals surface area contributed by atoms with Crippen LogP contribution in [-0.4, -0.2) is 102 Å². The summed E-state index contributed by atoms with van der Waals surface area (Å²) in [5, 5.41) is 12.0. The van der Waals surface area contributed by atoms with Crippen molar-refractivity contribution in [1.82, 2.24) is 19.6 Å². The first-order chi connectivity index (χ1) is 24.8. The van der Waals surface area contributed by atoms with Crippen LogP contribution in [0.1, 0.15) is 43.4 Å². The van der Waals surface area contributed by atoms with Gasteiger partial charge in [-0.1, -0.05) is 36.4 Å². The molecule has 2 N–H and O–H groups in total. The molecule has 1 spiro atoms. The lowest BCUT2D eigenvalue weighted by Crippen LogP contribution is -2.57. The topological polar surface area (TPSA) is 137 Å². The summed E-state index contributed by atoms with van der Waals surface area (Å²) in [5.41, 5.74) is 2.11. The molecule has 13 nitrogen and oxygen atoms in total. The zero-order valence-corrected chi connectivity index (χ0v) is 29.7. The molecule has 2 fully saturated rings. The molecule has 13 heteroatoms. The molecule has 3 aliphatic rings. The van der Waals surface area contributed by atoms with Gasteiger partial charge in [-0.3, -0.25) is 19.1 Å². The molecule has 274 valence electrons. The van der Waals surface area contributed by atoms with Crippen LogP contribution in [0.25, 0.3) is 5.69 Å². The van der Waals surface area contributed by atoms with Crippen molar-refractivity contribution in [1.29, 1.82) is 0 Å². The van der Waals surface area contributed by atoms with Crippen molar-refractivity contribution in [3.05, 3.63) is 94.1 Å². The molecule has 6 rings (SSSR count). The van der Waals surface area contributed by atoms with E-state index in [9.17, 15) is 14.4 Å². The number of nitrogens with zero attached hydrogens (tertiary/aromatic N) is 4. The highest BCUT2D eigenvalue weighted by Crippen LogP contribution is 2.41. The maximum atomic E-state index is 14.3. The van der Waals surface area contributed by atoms with Crippen LogP contribution in [0.15, 0.2) is 77.3 Å². The lowest BCUT2D eigenvalue weighted by molar-refractivity contribution is -0.172. The van der Waals surface area contributed by atoms with Gasteiger partial charge < -0.3 is 39.2 Å². The predicted molar refractivity (Wildman–Crippen MR) is 190 cm³/mol. The van der Waals surface area contributed by atoms with Crippen LogP contribution >= 0.6 is 0 Å². The molecular formula is C38H49N5O8. The highest BCUT2D eigenvalue weighted by atomic mass is 16.7. The maximum absolute atomic E-state index is 14.3. The Bertz CT molecular complexity index is 1730. The number of aliphatic hydroxyl groups is 1. The SMILES string of the molecule is CCO[C@H]1OC(C(=O)N2CCC3(CC2)C(=O)NCN3c2ccccc2)=C[C@@H](c2c(C)n(C)n(-c3ccccc3)c2=O)[C@@H]1CCOCCOCCO. The molecule has 51 heavy (non-hydrogen) atoms. The Labute approximate surface area is 298 Å². The highest BCUT2D eigenvalue weighted by Gasteiger charge is 2.51. The van der Waals surface area contributed by atoms with Gasteiger partial charge in [0.05, 0.1) is 38.8 Å². The average Bonchev–Trinajstić information content (AvgIpc) is 3.58. The minimum absolute atomic E-state index is 0.0256. The number of piperidine rings is 1. The number of hydrogen-bond donors (Lipinski definition) is 2. The van der Waals surface area contributed by atoms with Crippen molar-refractivity contribution >= 4 is 17.5 Å². The molecular weight excluding hydrogens is 654 g/mol. The molecule has 4 heterocycles. The second-order valence-electron chi connectivity index (χ2n) is 13.1. The first-order valence-electron chi connectivity index (χ1n) is 17.8. The normalized spacial score (nSPS) is 21.5. The minimum atomic E-state index is -0.812. The van der Waals surface area contributed by atoms with Gasteiger partial charge in [0, 0.05) is 62.1 Å². The monoisotopic (exact) mass is 703 g/mol. The van der Waals surface area contributed by atoms with E-state index < -0.39 is 17.7 Å². The molecule has 0 radical (unpaired) electrons. The van der Waals surface area contributed by atoms with E-state index in [1.807, 2.05) is 86.2 Å². The van der Waals surface area contributed by atoms with E-state index in [4.69, 9.17) is 24.1 Å². The van der Waals surface area contributed by atoms with Gasteiger partial charge in [-0.15, -0.1) is 0 Å². The van der Waals surface area contributed by atoms with Gasteiger partial charge >= 0.3 is 0 Å². The van der Waals surface area contributed by atoms with Crippen molar-refractivity contribution in [2.45, 2.75) is 50.9 Å². The highest BCUT2D eigenvalue weighted by molar-refractivity contribution is 5.95. The van der Waals surface area contributed by atoms with E-state index in [0.29, 0.717) is 71.0 Å². The number of rotatable bonds is 14. The largest absolute Gasteiger partial charge is 0.459 e. The van der Waals surface area contributed by atoms with Gasteiger partial charge in [0.2, 0.25) is 12.2 Å². The predicted octanol–water partition coefficient (Wildman–Crippen LogP) is 2.83. The Hall–Kier alpha value is -4.43. The number of nitrogens with one attached hydrogen (secondary N) is 1. The molecule has 1 aromatic heterocycles. The number of aromatic nitrogens is 2. The number of likely N-dealkylation sites (tertiary alicyclic amines) is 1. The van der Waals surface area contributed by atoms with E-state index in [1.165, 1.54) is 0 Å². The Morgan fingerprint density at radius 3 is 2.25 bits per heavy atom. The number of para-hydroxylation sites is 2. The van der Waals surface area contributed by atoms with Crippen LogP contribution in [0, 0.1) is 12.8 Å². The Kier molecular flexibility index (Phi) is 11.6. The van der Waals surface area contributed by atoms with Crippen molar-refractivity contribution in [2.24, 2.45) is 13.0 Å². The van der Waals surface area contributed by atoms with Crippen molar-refractivity contribution in [2.75, 3.05) is 64.3 Å². The number of carbonyl (C=O) groups is 2. The first kappa shape index (κ1) is 36.4. The van der Waals surface area contributed by atoms with Gasteiger partial charge in [0.15, 0.2) is 5.76 Å². The molecule has 2 aromatic carbocycles. The van der Waals surface area contributed by atoms with Crippen molar-refractivity contribution < 1.29 is 33.6 Å². The van der Waals surface area contributed by atoms with Gasteiger partial charge in [0.1, 0.15) is 5.54 Å². The lowest BCUT2D eigenvalue weighted by Gasteiger charge is -2.44. The molecule has 3 aliphatic heterocycles. The Morgan fingerprint density at radius 1 is 0.961 bits per heavy atom. The van der Waals surface area contributed by atoms with E-state index in [1.54, 1.807) is 15.7 Å². The van der Waals surface area contributed by atoms with Crippen LogP contribution in [0.3, 0.4) is 0 Å². The van der Waals surface area contributed by atoms with E-state index in [0.717, 1.165) is 17.1 Å². The first-order valence-corrected chi connectivity index (χ1v) is 17.8. The number of hydrogen-bond acceptors (Lipinski definition) is 9. The molecule has 2 saturated heterocycles. The fourth-order valence-electron chi connectivity index (χ4n) is 7.61. The maximum Gasteiger partial charge on any atom is 0.288 e. The number of allylic oxidation sites excluding steroid dienone is 1.